The van der Waals surface area contributed by atoms with Gasteiger partial charge in [0.15, 0.2) is 0 Å². The maximum Gasteiger partial charge on any atom is 0.118 e. The third kappa shape index (κ3) is 4.50. The zero-order valence-electron chi connectivity index (χ0n) is 8.26. The van der Waals surface area contributed by atoms with Crippen LogP contribution in [0.5, 0.6) is 0 Å². The first-order chi connectivity index (χ1) is 5.61. The Labute approximate surface area is 74.8 Å². The second-order valence-corrected chi connectivity index (χ2v) is 3.24. The van der Waals surface area contributed by atoms with Crippen molar-refractivity contribution in [2.75, 3.05) is 0 Å². The minimum Gasteiger partial charge on any atom is -0.327 e. The van der Waals surface area contributed by atoms with Gasteiger partial charge in [0.25, 0.3) is 0 Å². The van der Waals surface area contributed by atoms with E-state index in [9.17, 15) is 4.39 Å². The van der Waals surface area contributed by atoms with Gasteiger partial charge >= 0.3 is 0 Å². The minimum atomic E-state index is -0.809. The summed E-state index contributed by atoms with van der Waals surface area (Å²) in [6, 6.07) is 0.158. The molecule has 0 bridgehead atoms. The minimum absolute atomic E-state index is 0.158. The van der Waals surface area contributed by atoms with E-state index in [-0.39, 0.29) is 12.0 Å². The maximum atomic E-state index is 12.7. The monoisotopic (exact) mass is 173 g/mol. The van der Waals surface area contributed by atoms with Crippen molar-refractivity contribution in [2.45, 2.75) is 45.8 Å². The first-order valence-corrected chi connectivity index (χ1v) is 4.69. The van der Waals surface area contributed by atoms with Crippen LogP contribution in [-0.2, 0) is 0 Å². The molecule has 1 nitrogen and oxygen atoms in total. The molecule has 0 aliphatic heterocycles. The van der Waals surface area contributed by atoms with Crippen molar-refractivity contribution in [3.05, 3.63) is 12.2 Å². The van der Waals surface area contributed by atoms with Gasteiger partial charge in [-0.1, -0.05) is 32.9 Å². The molecule has 2 N–H and O–H groups in total. The van der Waals surface area contributed by atoms with Crippen molar-refractivity contribution < 1.29 is 4.39 Å². The summed E-state index contributed by atoms with van der Waals surface area (Å²) in [7, 11) is 0. The number of rotatable bonds is 5. The molecule has 72 valence electrons. The molecule has 3 unspecified atom stereocenters. The van der Waals surface area contributed by atoms with E-state index in [0.29, 0.717) is 6.42 Å². The van der Waals surface area contributed by atoms with Gasteiger partial charge < -0.3 is 5.73 Å². The predicted octanol–water partition coefficient (Wildman–Crippen LogP) is 2.66. The molecule has 0 saturated carbocycles. The van der Waals surface area contributed by atoms with Gasteiger partial charge in [0.1, 0.15) is 6.17 Å². The van der Waals surface area contributed by atoms with Gasteiger partial charge in [0.2, 0.25) is 0 Å². The number of alkyl halides is 1. The maximum absolute atomic E-state index is 12.7. The van der Waals surface area contributed by atoms with E-state index in [1.807, 2.05) is 26.8 Å². The fourth-order valence-electron chi connectivity index (χ4n) is 0.946. The second kappa shape index (κ2) is 6.18. The lowest BCUT2D eigenvalue weighted by atomic mass is 9.99. The highest BCUT2D eigenvalue weighted by Gasteiger charge is 2.07. The molecule has 0 aromatic heterocycles. The predicted molar refractivity (Wildman–Crippen MR) is 51.8 cm³/mol. The molecule has 0 amide bonds. The van der Waals surface area contributed by atoms with E-state index < -0.39 is 6.17 Å². The van der Waals surface area contributed by atoms with Gasteiger partial charge in [-0.25, -0.2) is 4.39 Å². The fourth-order valence-corrected chi connectivity index (χ4v) is 0.946. The lowest BCUT2D eigenvalue weighted by molar-refractivity contribution is 0.387. The summed E-state index contributed by atoms with van der Waals surface area (Å²) >= 11 is 0. The highest BCUT2D eigenvalue weighted by Crippen LogP contribution is 2.08. The Morgan fingerprint density at radius 3 is 2.25 bits per heavy atom. The zero-order chi connectivity index (χ0) is 9.56. The molecular formula is C10H20FN. The SMILES string of the molecule is CCC(F)C=CC(C)C(N)CC. The topological polar surface area (TPSA) is 26.0 Å². The summed E-state index contributed by atoms with van der Waals surface area (Å²) < 4.78 is 12.7. The molecule has 0 saturated heterocycles. The third-order valence-electron chi connectivity index (χ3n) is 2.16. The second-order valence-electron chi connectivity index (χ2n) is 3.24. The summed E-state index contributed by atoms with van der Waals surface area (Å²) in [5, 5.41) is 0. The van der Waals surface area contributed by atoms with Gasteiger partial charge in [-0.15, -0.1) is 0 Å². The van der Waals surface area contributed by atoms with Crippen LogP contribution in [0.4, 0.5) is 4.39 Å². The van der Waals surface area contributed by atoms with E-state index >= 15 is 0 Å². The van der Waals surface area contributed by atoms with Crippen LogP contribution in [0.15, 0.2) is 12.2 Å². The molecule has 0 aromatic rings. The van der Waals surface area contributed by atoms with Crippen molar-refractivity contribution in [2.24, 2.45) is 11.7 Å². The van der Waals surface area contributed by atoms with E-state index in [0.717, 1.165) is 6.42 Å². The largest absolute Gasteiger partial charge is 0.327 e. The molecule has 0 rings (SSSR count). The highest BCUT2D eigenvalue weighted by atomic mass is 19.1. The van der Waals surface area contributed by atoms with Gasteiger partial charge in [0.05, 0.1) is 0 Å². The van der Waals surface area contributed by atoms with Crippen LogP contribution in [0.2, 0.25) is 0 Å². The molecule has 3 atom stereocenters. The lowest BCUT2D eigenvalue weighted by Gasteiger charge is -2.13. The van der Waals surface area contributed by atoms with Crippen molar-refractivity contribution in [1.29, 1.82) is 0 Å². The van der Waals surface area contributed by atoms with Crippen LogP contribution < -0.4 is 5.73 Å². The van der Waals surface area contributed by atoms with Gasteiger partial charge in [-0.05, 0) is 18.8 Å². The fraction of sp³-hybridized carbons (Fsp3) is 0.800. The van der Waals surface area contributed by atoms with Crippen molar-refractivity contribution in [1.82, 2.24) is 0 Å². The summed E-state index contributed by atoms with van der Waals surface area (Å²) in [5.41, 5.74) is 5.77. The Morgan fingerprint density at radius 1 is 1.25 bits per heavy atom. The number of allylic oxidation sites excluding steroid dienone is 1. The first kappa shape index (κ1) is 11.6. The molecule has 12 heavy (non-hydrogen) atoms. The van der Waals surface area contributed by atoms with E-state index in [1.54, 1.807) is 6.08 Å². The lowest BCUT2D eigenvalue weighted by Crippen LogP contribution is -2.25. The van der Waals surface area contributed by atoms with E-state index in [2.05, 4.69) is 0 Å². The van der Waals surface area contributed by atoms with Crippen LogP contribution >= 0.6 is 0 Å². The average Bonchev–Trinajstić information content (AvgIpc) is 2.11. The number of halogens is 1. The third-order valence-corrected chi connectivity index (χ3v) is 2.16. The van der Waals surface area contributed by atoms with Gasteiger partial charge in [-0.2, -0.15) is 0 Å². The molecule has 0 radical (unpaired) electrons. The molecule has 0 aliphatic rings. The molecule has 0 aliphatic carbocycles. The number of nitrogens with two attached hydrogens (primary N) is 1. The van der Waals surface area contributed by atoms with Crippen LogP contribution in [0.1, 0.15) is 33.6 Å². The highest BCUT2D eigenvalue weighted by molar-refractivity contribution is 4.94. The molecule has 0 aromatic carbocycles. The van der Waals surface area contributed by atoms with Crippen LogP contribution in [0.25, 0.3) is 0 Å². The quantitative estimate of drug-likeness (QED) is 0.635. The molecular weight excluding hydrogens is 153 g/mol. The van der Waals surface area contributed by atoms with Gasteiger partial charge in [0, 0.05) is 6.04 Å². The number of hydrogen-bond donors (Lipinski definition) is 1. The molecule has 2 heteroatoms. The number of hydrogen-bond acceptors (Lipinski definition) is 1. The summed E-state index contributed by atoms with van der Waals surface area (Å²) in [5.74, 6) is 0.278. The van der Waals surface area contributed by atoms with Crippen molar-refractivity contribution in [3.8, 4) is 0 Å². The summed E-state index contributed by atoms with van der Waals surface area (Å²) in [6.45, 7) is 5.90. The van der Waals surface area contributed by atoms with Crippen molar-refractivity contribution >= 4 is 0 Å². The Bertz CT molecular complexity index is 134. The van der Waals surface area contributed by atoms with E-state index in [1.165, 1.54) is 0 Å². The Kier molecular flexibility index (Phi) is 5.99. The standard InChI is InChI=1S/C10H20FN/c1-4-9(11)7-6-8(3)10(12)5-2/h6-10H,4-5,12H2,1-3H3. The first-order valence-electron chi connectivity index (χ1n) is 4.69. The zero-order valence-corrected chi connectivity index (χ0v) is 8.26. The summed E-state index contributed by atoms with van der Waals surface area (Å²) in [6.07, 6.45) is 4.17. The smallest absolute Gasteiger partial charge is 0.118 e. The molecule has 0 spiro atoms. The Hall–Kier alpha value is -0.370. The van der Waals surface area contributed by atoms with Crippen molar-refractivity contribution in [3.63, 3.8) is 0 Å². The van der Waals surface area contributed by atoms with Crippen LogP contribution in [0, 0.1) is 5.92 Å². The average molecular weight is 173 g/mol. The Morgan fingerprint density at radius 2 is 1.83 bits per heavy atom. The summed E-state index contributed by atoms with van der Waals surface area (Å²) in [4.78, 5) is 0. The van der Waals surface area contributed by atoms with Crippen LogP contribution in [-0.4, -0.2) is 12.2 Å². The molecule has 0 heterocycles. The normalized spacial score (nSPS) is 19.4. The molecule has 0 fully saturated rings. The van der Waals surface area contributed by atoms with E-state index in [4.69, 9.17) is 5.73 Å². The van der Waals surface area contributed by atoms with Crippen LogP contribution in [0.3, 0.4) is 0 Å². The Balaban J connectivity index is 3.81. The van der Waals surface area contributed by atoms with Gasteiger partial charge in [-0.3, -0.25) is 0 Å².